The standard InChI is InChI=1S/C12H22O2/c1-4-6-12(14)8-7-11(9-13)10(3)5-2/h9-11H,4-8H2,1-3H3. The lowest BCUT2D eigenvalue weighted by Crippen LogP contribution is -2.14. The molecule has 0 aliphatic rings. The van der Waals surface area contributed by atoms with Gasteiger partial charge in [-0.3, -0.25) is 4.79 Å². The summed E-state index contributed by atoms with van der Waals surface area (Å²) in [7, 11) is 0. The zero-order valence-corrected chi connectivity index (χ0v) is 9.58. The van der Waals surface area contributed by atoms with Gasteiger partial charge in [-0.25, -0.2) is 0 Å². The quantitative estimate of drug-likeness (QED) is 0.562. The van der Waals surface area contributed by atoms with Crippen molar-refractivity contribution in [3.05, 3.63) is 0 Å². The molecule has 0 spiro atoms. The second-order valence-electron chi connectivity index (χ2n) is 4.01. The van der Waals surface area contributed by atoms with Crippen molar-refractivity contribution in [2.45, 2.75) is 52.9 Å². The third-order valence-electron chi connectivity index (χ3n) is 2.83. The van der Waals surface area contributed by atoms with Crippen LogP contribution in [0, 0.1) is 11.8 Å². The highest BCUT2D eigenvalue weighted by atomic mass is 16.1. The molecule has 0 aliphatic heterocycles. The first-order chi connectivity index (χ1) is 6.65. The second-order valence-corrected chi connectivity index (χ2v) is 4.01. The number of Topliss-reactive ketones (excluding diaryl/α,β-unsaturated/α-hetero) is 1. The molecule has 0 aliphatic carbocycles. The molecule has 2 unspecified atom stereocenters. The third-order valence-corrected chi connectivity index (χ3v) is 2.83. The summed E-state index contributed by atoms with van der Waals surface area (Å²) in [5, 5.41) is 0. The Kier molecular flexibility index (Phi) is 7.35. The van der Waals surface area contributed by atoms with Crippen LogP contribution in [0.25, 0.3) is 0 Å². The first-order valence-corrected chi connectivity index (χ1v) is 5.62. The minimum Gasteiger partial charge on any atom is -0.303 e. The molecule has 0 amide bonds. The average molecular weight is 198 g/mol. The summed E-state index contributed by atoms with van der Waals surface area (Å²) in [5.41, 5.74) is 0. The number of ketones is 1. The molecule has 0 heterocycles. The Morgan fingerprint density at radius 2 is 1.93 bits per heavy atom. The average Bonchev–Trinajstić information content (AvgIpc) is 2.18. The molecule has 2 nitrogen and oxygen atoms in total. The summed E-state index contributed by atoms with van der Waals surface area (Å²) in [4.78, 5) is 22.0. The summed E-state index contributed by atoms with van der Waals surface area (Å²) in [5.74, 6) is 0.769. The van der Waals surface area contributed by atoms with Crippen LogP contribution in [-0.2, 0) is 9.59 Å². The molecule has 0 aromatic carbocycles. The zero-order chi connectivity index (χ0) is 11.0. The molecule has 0 aromatic rings. The van der Waals surface area contributed by atoms with E-state index in [9.17, 15) is 9.59 Å². The maximum Gasteiger partial charge on any atom is 0.132 e. The third kappa shape index (κ3) is 5.15. The van der Waals surface area contributed by atoms with Gasteiger partial charge in [0.1, 0.15) is 12.1 Å². The fourth-order valence-electron chi connectivity index (χ4n) is 1.52. The van der Waals surface area contributed by atoms with Gasteiger partial charge in [-0.15, -0.1) is 0 Å². The molecular weight excluding hydrogens is 176 g/mol. The molecule has 2 heteroatoms. The molecular formula is C12H22O2. The maximum absolute atomic E-state index is 11.3. The lowest BCUT2D eigenvalue weighted by atomic mass is 9.88. The summed E-state index contributed by atoms with van der Waals surface area (Å²) < 4.78 is 0. The van der Waals surface area contributed by atoms with Gasteiger partial charge in [-0.1, -0.05) is 27.2 Å². The van der Waals surface area contributed by atoms with Crippen molar-refractivity contribution >= 4 is 12.1 Å². The summed E-state index contributed by atoms with van der Waals surface area (Å²) in [6, 6.07) is 0. The monoisotopic (exact) mass is 198 g/mol. The van der Waals surface area contributed by atoms with Crippen LogP contribution in [0.5, 0.6) is 0 Å². The predicted molar refractivity (Wildman–Crippen MR) is 58.2 cm³/mol. The van der Waals surface area contributed by atoms with Crippen molar-refractivity contribution in [1.82, 2.24) is 0 Å². The maximum atomic E-state index is 11.3. The number of rotatable bonds is 8. The number of aldehydes is 1. The van der Waals surface area contributed by atoms with Gasteiger partial charge in [0.05, 0.1) is 0 Å². The van der Waals surface area contributed by atoms with Crippen molar-refractivity contribution in [3.63, 3.8) is 0 Å². The van der Waals surface area contributed by atoms with Crippen molar-refractivity contribution in [2.75, 3.05) is 0 Å². The fourth-order valence-corrected chi connectivity index (χ4v) is 1.52. The molecule has 0 aromatic heterocycles. The molecule has 0 saturated carbocycles. The molecule has 0 N–H and O–H groups in total. The van der Waals surface area contributed by atoms with E-state index in [2.05, 4.69) is 13.8 Å². The first kappa shape index (κ1) is 13.3. The summed E-state index contributed by atoms with van der Waals surface area (Å²) in [6.07, 6.45) is 4.89. The van der Waals surface area contributed by atoms with E-state index in [0.29, 0.717) is 24.5 Å². The van der Waals surface area contributed by atoms with Gasteiger partial charge in [0.25, 0.3) is 0 Å². The molecule has 14 heavy (non-hydrogen) atoms. The SMILES string of the molecule is CCCC(=O)CCC(C=O)C(C)CC. The molecule has 0 fully saturated rings. The second kappa shape index (κ2) is 7.72. The Bertz CT molecular complexity index is 175. The van der Waals surface area contributed by atoms with Crippen LogP contribution >= 0.6 is 0 Å². The van der Waals surface area contributed by atoms with E-state index in [1.54, 1.807) is 0 Å². The molecule has 0 bridgehead atoms. The lowest BCUT2D eigenvalue weighted by molar-refractivity contribution is -0.119. The van der Waals surface area contributed by atoms with Crippen LogP contribution in [-0.4, -0.2) is 12.1 Å². The van der Waals surface area contributed by atoms with Crippen LogP contribution in [0.3, 0.4) is 0 Å². The van der Waals surface area contributed by atoms with E-state index in [1.165, 1.54) is 0 Å². The Labute approximate surface area is 87.1 Å². The van der Waals surface area contributed by atoms with E-state index in [1.807, 2.05) is 6.92 Å². The predicted octanol–water partition coefficient (Wildman–Crippen LogP) is 3.00. The van der Waals surface area contributed by atoms with Crippen molar-refractivity contribution in [1.29, 1.82) is 0 Å². The first-order valence-electron chi connectivity index (χ1n) is 5.62. The smallest absolute Gasteiger partial charge is 0.132 e. The van der Waals surface area contributed by atoms with Crippen molar-refractivity contribution in [3.8, 4) is 0 Å². The minimum absolute atomic E-state index is 0.0702. The highest BCUT2D eigenvalue weighted by molar-refractivity contribution is 5.78. The van der Waals surface area contributed by atoms with E-state index in [0.717, 1.165) is 25.5 Å². The van der Waals surface area contributed by atoms with Crippen LogP contribution in [0.1, 0.15) is 52.9 Å². The highest BCUT2D eigenvalue weighted by Gasteiger charge is 2.15. The van der Waals surface area contributed by atoms with Gasteiger partial charge in [-0.2, -0.15) is 0 Å². The van der Waals surface area contributed by atoms with Gasteiger partial charge >= 0.3 is 0 Å². The summed E-state index contributed by atoms with van der Waals surface area (Å²) >= 11 is 0. The highest BCUT2D eigenvalue weighted by Crippen LogP contribution is 2.18. The number of carbonyl (C=O) groups excluding carboxylic acids is 2. The van der Waals surface area contributed by atoms with Crippen molar-refractivity contribution < 1.29 is 9.59 Å². The van der Waals surface area contributed by atoms with Crippen LogP contribution < -0.4 is 0 Å². The number of hydrogen-bond acceptors (Lipinski definition) is 2. The van der Waals surface area contributed by atoms with Gasteiger partial charge < -0.3 is 4.79 Å². The molecule has 82 valence electrons. The Hall–Kier alpha value is -0.660. The van der Waals surface area contributed by atoms with Crippen molar-refractivity contribution in [2.24, 2.45) is 11.8 Å². The number of hydrogen-bond donors (Lipinski definition) is 0. The number of carbonyl (C=O) groups is 2. The minimum atomic E-state index is 0.0702. The molecule has 2 atom stereocenters. The fraction of sp³-hybridized carbons (Fsp3) is 0.833. The van der Waals surface area contributed by atoms with E-state index in [4.69, 9.17) is 0 Å². The summed E-state index contributed by atoms with van der Waals surface area (Å²) in [6.45, 7) is 6.15. The van der Waals surface area contributed by atoms with Gasteiger partial charge in [0, 0.05) is 18.8 Å². The van der Waals surface area contributed by atoms with Crippen LogP contribution in [0.4, 0.5) is 0 Å². The largest absolute Gasteiger partial charge is 0.303 e. The van der Waals surface area contributed by atoms with E-state index >= 15 is 0 Å². The van der Waals surface area contributed by atoms with E-state index < -0.39 is 0 Å². The Balaban J connectivity index is 3.83. The topological polar surface area (TPSA) is 34.1 Å². The van der Waals surface area contributed by atoms with Crippen LogP contribution in [0.15, 0.2) is 0 Å². The molecule has 0 saturated heterocycles. The van der Waals surface area contributed by atoms with Gasteiger partial charge in [0.2, 0.25) is 0 Å². The zero-order valence-electron chi connectivity index (χ0n) is 9.58. The van der Waals surface area contributed by atoms with Gasteiger partial charge in [0.15, 0.2) is 0 Å². The Morgan fingerprint density at radius 1 is 1.29 bits per heavy atom. The molecule has 0 radical (unpaired) electrons. The molecule has 0 rings (SSSR count). The normalized spacial score (nSPS) is 14.8. The lowest BCUT2D eigenvalue weighted by Gasteiger charge is -2.15. The van der Waals surface area contributed by atoms with E-state index in [-0.39, 0.29) is 5.92 Å². The van der Waals surface area contributed by atoms with Gasteiger partial charge in [-0.05, 0) is 18.8 Å². The Morgan fingerprint density at radius 3 is 2.36 bits per heavy atom. The van der Waals surface area contributed by atoms with Crippen LogP contribution in [0.2, 0.25) is 0 Å².